The molecule has 4 amide bonds. The topological polar surface area (TPSA) is 203 Å². The van der Waals surface area contributed by atoms with Crippen molar-refractivity contribution in [2.45, 2.75) is 89.4 Å². The minimum absolute atomic E-state index is 0.0163. The lowest BCUT2D eigenvalue weighted by atomic mass is 9.85. The molecule has 5 rings (SSSR count). The number of Topliss-reactive ketones (excluding diaryl/α,β-unsaturated/α-hetero) is 1. The molecule has 2 fully saturated rings. The predicted molar refractivity (Wildman–Crippen MR) is 171 cm³/mol. The molecule has 1 saturated heterocycles. The maximum atomic E-state index is 14.5. The first-order valence-corrected chi connectivity index (χ1v) is 15.9. The van der Waals surface area contributed by atoms with Crippen molar-refractivity contribution < 1.29 is 29.1 Å². The molecule has 2 aliphatic rings. The second kappa shape index (κ2) is 13.9. The number of nitrogens with one attached hydrogen (secondary N) is 1. The average molecular weight is 645 g/mol. The lowest BCUT2D eigenvalue weighted by molar-refractivity contribution is -0.139. The average Bonchev–Trinajstić information content (AvgIpc) is 3.72. The molecule has 14 heteroatoms. The minimum atomic E-state index is -1.32. The number of nitrogens with zero attached hydrogens (tertiary/aromatic N) is 6. The molecule has 0 radical (unpaired) electrons. The summed E-state index contributed by atoms with van der Waals surface area (Å²) in [6.07, 6.45) is 8.22. The van der Waals surface area contributed by atoms with Crippen molar-refractivity contribution in [1.29, 1.82) is 0 Å². The highest BCUT2D eigenvalue weighted by molar-refractivity contribution is 6.41. The summed E-state index contributed by atoms with van der Waals surface area (Å²) in [5.41, 5.74) is 5.14. The molecule has 1 aromatic carbocycles. The van der Waals surface area contributed by atoms with E-state index in [1.165, 1.54) is 22.7 Å². The monoisotopic (exact) mass is 644 g/mol. The van der Waals surface area contributed by atoms with Crippen LogP contribution in [0.3, 0.4) is 0 Å². The van der Waals surface area contributed by atoms with Gasteiger partial charge < -0.3 is 21.1 Å². The zero-order valence-electron chi connectivity index (χ0n) is 26.8. The normalized spacial score (nSPS) is 19.8. The van der Waals surface area contributed by atoms with Crippen molar-refractivity contribution in [2.24, 2.45) is 16.6 Å². The maximum Gasteiger partial charge on any atom is 0.287 e. The van der Waals surface area contributed by atoms with E-state index in [0.29, 0.717) is 22.2 Å². The number of primary amides is 1. The Kier molecular flexibility index (Phi) is 9.89. The van der Waals surface area contributed by atoms with E-state index in [-0.39, 0.29) is 31.0 Å². The van der Waals surface area contributed by atoms with Gasteiger partial charge in [-0.25, -0.2) is 9.67 Å². The fourth-order valence-electron chi connectivity index (χ4n) is 6.49. The van der Waals surface area contributed by atoms with E-state index in [2.05, 4.69) is 25.6 Å². The molecular weight excluding hydrogens is 604 g/mol. The van der Waals surface area contributed by atoms with E-state index in [4.69, 9.17) is 5.73 Å². The predicted octanol–water partition coefficient (Wildman–Crippen LogP) is 2.01. The van der Waals surface area contributed by atoms with Gasteiger partial charge in [0, 0.05) is 24.5 Å². The van der Waals surface area contributed by atoms with Gasteiger partial charge in [-0.2, -0.15) is 0 Å². The smallest absolute Gasteiger partial charge is 0.287 e. The number of fused-ring (bicyclic) bond motifs is 1. The highest BCUT2D eigenvalue weighted by atomic mass is 16.3. The van der Waals surface area contributed by atoms with Crippen molar-refractivity contribution in [1.82, 2.24) is 30.2 Å². The second-order valence-electron chi connectivity index (χ2n) is 12.9. The molecule has 3 heterocycles. The standard InChI is InChI=1S/C33H40N8O6/c1-19(28(42)29(34)43)37-31(45)26-16-21(41-27(17-36-39-41)33(2,3)47)18-40(26)32(46)25(15-20-9-5-4-6-10-20)38-30(44)23-11-7-13-24-22(23)12-8-14-35-24/h7-8,11-14,17,19-21,26,47H,4-6,9-10,15-16,18H2,1-3H3,(H2,34,43)(H,37,45)/b38-25+/t19?,21-,26-/m0/s1. The van der Waals surface area contributed by atoms with Crippen LogP contribution in [0.25, 0.3) is 10.9 Å². The number of pyridine rings is 1. The van der Waals surface area contributed by atoms with Crippen molar-refractivity contribution in [2.75, 3.05) is 6.54 Å². The molecule has 3 aromatic rings. The van der Waals surface area contributed by atoms with Gasteiger partial charge in [0.2, 0.25) is 11.7 Å². The Labute approximate surface area is 271 Å². The Morgan fingerprint density at radius 2 is 1.85 bits per heavy atom. The van der Waals surface area contributed by atoms with Crippen LogP contribution < -0.4 is 11.1 Å². The van der Waals surface area contributed by atoms with Crippen LogP contribution in [0, 0.1) is 5.92 Å². The van der Waals surface area contributed by atoms with Crippen LogP contribution in [0.4, 0.5) is 0 Å². The van der Waals surface area contributed by atoms with Crippen LogP contribution in [0.5, 0.6) is 0 Å². The minimum Gasteiger partial charge on any atom is -0.384 e. The van der Waals surface area contributed by atoms with Gasteiger partial charge in [-0.05, 0) is 51.3 Å². The Balaban J connectivity index is 1.52. The van der Waals surface area contributed by atoms with Gasteiger partial charge in [0.1, 0.15) is 17.4 Å². The highest BCUT2D eigenvalue weighted by Crippen LogP contribution is 2.33. The third-order valence-corrected chi connectivity index (χ3v) is 8.95. The second-order valence-corrected chi connectivity index (χ2v) is 12.9. The van der Waals surface area contributed by atoms with Gasteiger partial charge in [0.25, 0.3) is 17.7 Å². The van der Waals surface area contributed by atoms with E-state index in [1.807, 2.05) is 0 Å². The number of rotatable bonds is 10. The number of hydrogen-bond donors (Lipinski definition) is 3. The summed E-state index contributed by atoms with van der Waals surface area (Å²) in [5.74, 6) is -3.93. The number of hydrogen-bond acceptors (Lipinski definition) is 9. The van der Waals surface area contributed by atoms with Gasteiger partial charge in [-0.1, -0.05) is 49.5 Å². The molecule has 1 aliphatic carbocycles. The maximum absolute atomic E-state index is 14.5. The summed E-state index contributed by atoms with van der Waals surface area (Å²) >= 11 is 0. The van der Waals surface area contributed by atoms with Crippen LogP contribution in [0.1, 0.15) is 87.8 Å². The number of aromatic nitrogens is 4. The van der Waals surface area contributed by atoms with Gasteiger partial charge in [0.05, 0.1) is 35.1 Å². The first-order chi connectivity index (χ1) is 22.3. The molecular formula is C33H40N8O6. The zero-order valence-corrected chi connectivity index (χ0v) is 26.8. The number of aliphatic imine (C=N–C) groups is 1. The first kappa shape index (κ1) is 33.5. The van der Waals surface area contributed by atoms with E-state index in [0.717, 1.165) is 32.1 Å². The summed E-state index contributed by atoms with van der Waals surface area (Å²) in [7, 11) is 0. The van der Waals surface area contributed by atoms with Crippen LogP contribution in [0.15, 0.2) is 47.7 Å². The van der Waals surface area contributed by atoms with E-state index < -0.39 is 53.1 Å². The molecule has 14 nitrogen and oxygen atoms in total. The van der Waals surface area contributed by atoms with E-state index in [1.54, 1.807) is 50.4 Å². The molecule has 1 saturated carbocycles. The number of nitrogens with two attached hydrogens (primary N) is 1. The Bertz CT molecular complexity index is 1720. The number of likely N-dealkylation sites (tertiary alicyclic amines) is 1. The number of carbonyl (C=O) groups is 5. The molecule has 3 atom stereocenters. The largest absolute Gasteiger partial charge is 0.384 e. The van der Waals surface area contributed by atoms with E-state index in [9.17, 15) is 29.1 Å². The molecule has 2 aromatic heterocycles. The summed E-state index contributed by atoms with van der Waals surface area (Å²) < 4.78 is 1.48. The summed E-state index contributed by atoms with van der Waals surface area (Å²) in [4.78, 5) is 75.7. The van der Waals surface area contributed by atoms with Crippen LogP contribution >= 0.6 is 0 Å². The van der Waals surface area contributed by atoms with Crippen LogP contribution in [0.2, 0.25) is 0 Å². The van der Waals surface area contributed by atoms with Gasteiger partial charge in [-0.15, -0.1) is 5.10 Å². The van der Waals surface area contributed by atoms with E-state index >= 15 is 0 Å². The number of ketones is 1. The number of benzene rings is 1. The summed E-state index contributed by atoms with van der Waals surface area (Å²) in [5, 5.41) is 22.0. The van der Waals surface area contributed by atoms with Crippen LogP contribution in [-0.4, -0.2) is 83.7 Å². The van der Waals surface area contributed by atoms with Crippen LogP contribution in [-0.2, 0) is 24.8 Å². The Morgan fingerprint density at radius 3 is 2.55 bits per heavy atom. The van der Waals surface area contributed by atoms with Crippen molar-refractivity contribution >= 4 is 46.0 Å². The summed E-state index contributed by atoms with van der Waals surface area (Å²) in [6, 6.07) is 5.69. The lowest BCUT2D eigenvalue weighted by Crippen LogP contribution is -2.52. The fraction of sp³-hybridized carbons (Fsp3) is 0.485. The fourth-order valence-corrected chi connectivity index (χ4v) is 6.49. The third-order valence-electron chi connectivity index (χ3n) is 8.95. The van der Waals surface area contributed by atoms with Crippen molar-refractivity contribution in [3.63, 3.8) is 0 Å². The molecule has 248 valence electrons. The number of amides is 4. The van der Waals surface area contributed by atoms with Gasteiger partial charge in [-0.3, -0.25) is 29.0 Å². The SMILES string of the molecule is CC(NC(=O)[C@@H]1C[C@H](n2nncc2C(C)(C)O)CN1C(=O)/C(CC1CCCCC1)=N/C(=O)c1cccc2ncccc12)C(=O)C(N)=O. The van der Waals surface area contributed by atoms with Crippen molar-refractivity contribution in [3.8, 4) is 0 Å². The Hall–Kier alpha value is -4.85. The molecule has 1 unspecified atom stereocenters. The lowest BCUT2D eigenvalue weighted by Gasteiger charge is -2.27. The molecule has 47 heavy (non-hydrogen) atoms. The molecule has 1 aliphatic heterocycles. The van der Waals surface area contributed by atoms with Gasteiger partial charge >= 0.3 is 0 Å². The molecule has 0 bridgehead atoms. The van der Waals surface area contributed by atoms with Gasteiger partial charge in [0.15, 0.2) is 0 Å². The van der Waals surface area contributed by atoms with Crippen molar-refractivity contribution in [3.05, 3.63) is 54.0 Å². The third kappa shape index (κ3) is 7.43. The molecule has 0 spiro atoms. The molecule has 4 N–H and O–H groups in total. The first-order valence-electron chi connectivity index (χ1n) is 15.9. The quantitative estimate of drug-likeness (QED) is 0.218. The summed E-state index contributed by atoms with van der Waals surface area (Å²) in [6.45, 7) is 4.47. The zero-order chi connectivity index (χ0) is 33.9. The number of carbonyl (C=O) groups excluding carboxylic acids is 5. The number of aliphatic hydroxyl groups is 1. The highest BCUT2D eigenvalue weighted by Gasteiger charge is 2.44. The Morgan fingerprint density at radius 1 is 1.11 bits per heavy atom.